The monoisotopic (exact) mass is 387 g/mol. The number of rotatable bonds is 2. The number of ketones is 1. The smallest absolute Gasteiger partial charge is 0.302 e. The Morgan fingerprint density at radius 3 is 2.50 bits per heavy atom. The second-order valence-corrected chi connectivity index (χ2v) is 10.1. The molecular weight excluding hydrogens is 354 g/mol. The van der Waals surface area contributed by atoms with Crippen LogP contribution in [0.15, 0.2) is 11.6 Å². The van der Waals surface area contributed by atoms with Gasteiger partial charge in [0, 0.05) is 32.2 Å². The van der Waals surface area contributed by atoms with E-state index in [0.29, 0.717) is 18.3 Å². The second kappa shape index (κ2) is 6.70. The number of amides is 1. The molecular formula is C23H33NO4. The average Bonchev–Trinajstić information content (AvgIpc) is 2.92. The van der Waals surface area contributed by atoms with E-state index in [1.807, 2.05) is 6.08 Å². The topological polar surface area (TPSA) is 72.5 Å². The Hall–Kier alpha value is -1.65. The minimum atomic E-state index is -0.238. The van der Waals surface area contributed by atoms with E-state index in [2.05, 4.69) is 19.2 Å². The van der Waals surface area contributed by atoms with Gasteiger partial charge in [0.25, 0.3) is 0 Å². The van der Waals surface area contributed by atoms with Crippen molar-refractivity contribution >= 4 is 17.7 Å². The lowest BCUT2D eigenvalue weighted by Crippen LogP contribution is -2.56. The number of carbonyl (C=O) groups excluding carboxylic acids is 3. The normalized spacial score (nSPS) is 44.6. The van der Waals surface area contributed by atoms with E-state index in [1.165, 1.54) is 12.5 Å². The van der Waals surface area contributed by atoms with Crippen molar-refractivity contribution in [3.8, 4) is 0 Å². The van der Waals surface area contributed by atoms with Crippen LogP contribution < -0.4 is 5.32 Å². The van der Waals surface area contributed by atoms with Crippen molar-refractivity contribution in [2.75, 3.05) is 0 Å². The maximum Gasteiger partial charge on any atom is 0.302 e. The van der Waals surface area contributed by atoms with Crippen LogP contribution in [0.1, 0.15) is 72.6 Å². The van der Waals surface area contributed by atoms with E-state index < -0.39 is 0 Å². The molecule has 4 aliphatic carbocycles. The minimum absolute atomic E-state index is 0.0130. The van der Waals surface area contributed by atoms with Crippen LogP contribution in [0.3, 0.4) is 0 Å². The van der Waals surface area contributed by atoms with E-state index >= 15 is 0 Å². The van der Waals surface area contributed by atoms with E-state index in [1.54, 1.807) is 6.92 Å². The van der Waals surface area contributed by atoms with E-state index in [4.69, 9.17) is 4.74 Å². The molecule has 0 aromatic carbocycles. The number of nitrogens with one attached hydrogen (secondary N) is 1. The highest BCUT2D eigenvalue weighted by Gasteiger charge is 2.61. The van der Waals surface area contributed by atoms with Crippen LogP contribution in [0.5, 0.6) is 0 Å². The predicted octanol–water partition coefficient (Wildman–Crippen LogP) is 3.56. The standard InChI is InChI=1S/C23H33NO4/c1-13(25)24-20-6-5-17-21-18(8-10-23(17,20)4)22(3)9-7-16(28-14(2)26)11-15(22)12-19(21)27/h12,16-18,20-21H,5-11H2,1-4H3,(H,24,25)/t16-,17-,18-,20-,21-,22-,23-/m0/s1. The van der Waals surface area contributed by atoms with Crippen molar-refractivity contribution < 1.29 is 19.1 Å². The molecule has 0 aromatic rings. The number of fused-ring (bicyclic) bond motifs is 5. The zero-order valence-electron chi connectivity index (χ0n) is 17.5. The molecule has 4 aliphatic rings. The van der Waals surface area contributed by atoms with Crippen LogP contribution in [0.25, 0.3) is 0 Å². The molecule has 4 rings (SSSR count). The maximum atomic E-state index is 13.3. The molecule has 0 aliphatic heterocycles. The summed E-state index contributed by atoms with van der Waals surface area (Å²) in [4.78, 5) is 36.4. The van der Waals surface area contributed by atoms with Gasteiger partial charge in [-0.05, 0) is 67.3 Å². The zero-order chi connectivity index (χ0) is 20.3. The number of hydrogen-bond donors (Lipinski definition) is 1. The van der Waals surface area contributed by atoms with Crippen molar-refractivity contribution in [3.63, 3.8) is 0 Å². The molecule has 0 spiro atoms. The molecule has 0 radical (unpaired) electrons. The lowest BCUT2D eigenvalue weighted by atomic mass is 9.47. The third-order valence-electron chi connectivity index (χ3n) is 8.61. The van der Waals surface area contributed by atoms with Gasteiger partial charge < -0.3 is 10.1 Å². The van der Waals surface area contributed by atoms with Crippen molar-refractivity contribution in [3.05, 3.63) is 11.6 Å². The molecule has 0 saturated heterocycles. The summed E-state index contributed by atoms with van der Waals surface area (Å²) < 4.78 is 5.46. The van der Waals surface area contributed by atoms with Gasteiger partial charge >= 0.3 is 5.97 Å². The molecule has 0 bridgehead atoms. The number of ether oxygens (including phenoxy) is 1. The molecule has 3 fully saturated rings. The molecule has 1 N–H and O–H groups in total. The quantitative estimate of drug-likeness (QED) is 0.735. The summed E-state index contributed by atoms with van der Waals surface area (Å²) in [7, 11) is 0. The zero-order valence-corrected chi connectivity index (χ0v) is 17.5. The highest BCUT2D eigenvalue weighted by Crippen LogP contribution is 2.64. The van der Waals surface area contributed by atoms with Gasteiger partial charge in [-0.25, -0.2) is 0 Å². The van der Waals surface area contributed by atoms with Crippen molar-refractivity contribution in [2.45, 2.75) is 84.8 Å². The summed E-state index contributed by atoms with van der Waals surface area (Å²) in [6.07, 6.45) is 8.44. The van der Waals surface area contributed by atoms with Gasteiger partial charge in [0.05, 0.1) is 0 Å². The van der Waals surface area contributed by atoms with Crippen molar-refractivity contribution in [1.82, 2.24) is 5.32 Å². The van der Waals surface area contributed by atoms with E-state index in [0.717, 1.165) is 38.5 Å². The summed E-state index contributed by atoms with van der Waals surface area (Å²) >= 11 is 0. The van der Waals surface area contributed by atoms with Crippen molar-refractivity contribution in [1.29, 1.82) is 0 Å². The molecule has 5 heteroatoms. The fourth-order valence-corrected chi connectivity index (χ4v) is 7.19. The molecule has 3 saturated carbocycles. The first-order valence-corrected chi connectivity index (χ1v) is 10.8. The van der Waals surface area contributed by atoms with Gasteiger partial charge in [-0.2, -0.15) is 0 Å². The number of carbonyl (C=O) groups is 3. The van der Waals surface area contributed by atoms with Crippen LogP contribution in [0.2, 0.25) is 0 Å². The second-order valence-electron chi connectivity index (χ2n) is 10.1. The molecule has 0 unspecified atom stereocenters. The Morgan fingerprint density at radius 2 is 1.82 bits per heavy atom. The Kier molecular flexibility index (Phi) is 4.71. The van der Waals surface area contributed by atoms with Gasteiger partial charge in [-0.15, -0.1) is 0 Å². The van der Waals surface area contributed by atoms with Gasteiger partial charge in [0.1, 0.15) is 6.10 Å². The fraction of sp³-hybridized carbons (Fsp3) is 0.783. The summed E-state index contributed by atoms with van der Waals surface area (Å²) in [6.45, 7) is 7.66. The molecule has 1 amide bonds. The molecule has 0 aromatic heterocycles. The summed E-state index contributed by atoms with van der Waals surface area (Å²) in [6, 6.07) is 0.182. The Bertz CT molecular complexity index is 743. The van der Waals surface area contributed by atoms with Crippen LogP contribution in [0.4, 0.5) is 0 Å². The Labute approximate surface area is 167 Å². The molecule has 5 nitrogen and oxygen atoms in total. The van der Waals surface area contributed by atoms with E-state index in [-0.39, 0.29) is 46.6 Å². The van der Waals surface area contributed by atoms with Crippen molar-refractivity contribution in [2.24, 2.45) is 28.6 Å². The third kappa shape index (κ3) is 2.93. The molecule has 0 heterocycles. The highest BCUT2D eigenvalue weighted by atomic mass is 16.5. The van der Waals surface area contributed by atoms with Gasteiger partial charge in [0.15, 0.2) is 5.78 Å². The molecule has 154 valence electrons. The van der Waals surface area contributed by atoms with Gasteiger partial charge in [0.2, 0.25) is 5.91 Å². The predicted molar refractivity (Wildman–Crippen MR) is 105 cm³/mol. The average molecular weight is 388 g/mol. The summed E-state index contributed by atoms with van der Waals surface area (Å²) in [5, 5.41) is 3.17. The van der Waals surface area contributed by atoms with Crippen LogP contribution in [-0.2, 0) is 19.1 Å². The van der Waals surface area contributed by atoms with Crippen LogP contribution in [0, 0.1) is 28.6 Å². The number of esters is 1. The van der Waals surface area contributed by atoms with Gasteiger partial charge in [-0.3, -0.25) is 14.4 Å². The Balaban J connectivity index is 1.62. The maximum absolute atomic E-state index is 13.3. The minimum Gasteiger partial charge on any atom is -0.462 e. The SMILES string of the molecule is CC(=O)N[C@H]1CC[C@H]2[C@@H]3C(=O)C=C4C[C@@H](OC(C)=O)CC[C@]4(C)[C@H]3CC[C@]12C. The number of hydrogen-bond acceptors (Lipinski definition) is 4. The molecule has 7 atom stereocenters. The van der Waals surface area contributed by atoms with Gasteiger partial charge in [-0.1, -0.05) is 19.4 Å². The highest BCUT2D eigenvalue weighted by molar-refractivity contribution is 5.94. The lowest BCUT2D eigenvalue weighted by molar-refractivity contribution is -0.149. The van der Waals surface area contributed by atoms with Crippen LogP contribution >= 0.6 is 0 Å². The van der Waals surface area contributed by atoms with E-state index in [9.17, 15) is 14.4 Å². The fourth-order valence-electron chi connectivity index (χ4n) is 7.19. The lowest BCUT2D eigenvalue weighted by Gasteiger charge is -2.57. The Morgan fingerprint density at radius 1 is 1.07 bits per heavy atom. The third-order valence-corrected chi connectivity index (χ3v) is 8.61. The molecule has 28 heavy (non-hydrogen) atoms. The van der Waals surface area contributed by atoms with Crippen LogP contribution in [-0.4, -0.2) is 29.8 Å². The summed E-state index contributed by atoms with van der Waals surface area (Å²) in [5.74, 6) is 0.834. The first-order valence-electron chi connectivity index (χ1n) is 10.8. The summed E-state index contributed by atoms with van der Waals surface area (Å²) in [5.41, 5.74) is 1.23. The largest absolute Gasteiger partial charge is 0.462 e. The first kappa shape index (κ1) is 19.7. The number of allylic oxidation sites excluding steroid dienone is 1. The first-order chi connectivity index (χ1) is 13.1.